The van der Waals surface area contributed by atoms with Crippen molar-refractivity contribution in [3.05, 3.63) is 70.5 Å². The Morgan fingerprint density at radius 1 is 1.23 bits per heavy atom. The fourth-order valence-corrected chi connectivity index (χ4v) is 2.79. The van der Waals surface area contributed by atoms with Crippen LogP contribution in [0.4, 0.5) is 4.39 Å². The molecule has 0 fully saturated rings. The van der Waals surface area contributed by atoms with Gasteiger partial charge >= 0.3 is 0 Å². The molecule has 0 spiro atoms. The summed E-state index contributed by atoms with van der Waals surface area (Å²) < 4.78 is 18.4. The lowest BCUT2D eigenvalue weighted by molar-refractivity contribution is -0.116. The summed E-state index contributed by atoms with van der Waals surface area (Å²) in [6.07, 6.45) is 1.24. The fraction of sp³-hybridized carbons (Fsp3) is 0.200. The van der Waals surface area contributed by atoms with E-state index in [0.29, 0.717) is 12.1 Å². The Hall–Kier alpha value is -2.66. The maximum absolute atomic E-state index is 13.1. The highest BCUT2D eigenvalue weighted by molar-refractivity contribution is 6.75. The smallest absolute Gasteiger partial charge is 0.244 e. The van der Waals surface area contributed by atoms with Gasteiger partial charge in [-0.2, -0.15) is 0 Å². The SMILES string of the molecule is COc1ccc(C)c(CNC(=O)/C=C(\C(=N)Cl)c2ccc(F)cc2)c1C. The van der Waals surface area contributed by atoms with Gasteiger partial charge in [-0.05, 0) is 54.3 Å². The zero-order valence-corrected chi connectivity index (χ0v) is 15.6. The van der Waals surface area contributed by atoms with Gasteiger partial charge in [0.25, 0.3) is 0 Å². The molecule has 0 radical (unpaired) electrons. The van der Waals surface area contributed by atoms with E-state index in [0.717, 1.165) is 22.4 Å². The van der Waals surface area contributed by atoms with Crippen LogP contribution in [0.1, 0.15) is 22.3 Å². The molecular weight excluding hydrogens is 355 g/mol. The van der Waals surface area contributed by atoms with E-state index < -0.39 is 11.7 Å². The Bertz CT molecular complexity index is 861. The molecular formula is C20H20ClFN2O2. The third kappa shape index (κ3) is 4.70. The number of carbonyl (C=O) groups is 1. The van der Waals surface area contributed by atoms with Crippen molar-refractivity contribution in [2.45, 2.75) is 20.4 Å². The molecule has 2 aromatic carbocycles. The van der Waals surface area contributed by atoms with E-state index >= 15 is 0 Å². The minimum atomic E-state index is -0.400. The van der Waals surface area contributed by atoms with Gasteiger partial charge in [0.15, 0.2) is 0 Å². The van der Waals surface area contributed by atoms with Crippen LogP contribution >= 0.6 is 11.6 Å². The first-order valence-corrected chi connectivity index (χ1v) is 8.34. The largest absolute Gasteiger partial charge is 0.496 e. The van der Waals surface area contributed by atoms with E-state index in [2.05, 4.69) is 5.32 Å². The third-order valence-corrected chi connectivity index (χ3v) is 4.31. The summed E-state index contributed by atoms with van der Waals surface area (Å²) in [5, 5.41) is 10.2. The molecule has 0 aliphatic heterocycles. The van der Waals surface area contributed by atoms with Crippen LogP contribution in [0.3, 0.4) is 0 Å². The molecule has 0 bridgehead atoms. The Morgan fingerprint density at radius 3 is 2.46 bits per heavy atom. The van der Waals surface area contributed by atoms with Gasteiger partial charge in [0, 0.05) is 18.2 Å². The number of hydrogen-bond acceptors (Lipinski definition) is 3. The van der Waals surface area contributed by atoms with E-state index in [1.54, 1.807) is 7.11 Å². The molecule has 0 aromatic heterocycles. The molecule has 26 heavy (non-hydrogen) atoms. The van der Waals surface area contributed by atoms with Crippen molar-refractivity contribution in [3.8, 4) is 5.75 Å². The van der Waals surface area contributed by atoms with Gasteiger partial charge in [-0.25, -0.2) is 4.39 Å². The first kappa shape index (κ1) is 19.7. The molecule has 0 aliphatic rings. The standard InChI is InChI=1S/C20H20ClFN2O2/c1-12-4-9-18(26-3)13(2)17(12)11-24-19(25)10-16(20(21)23)14-5-7-15(22)8-6-14/h4-10,23H,11H2,1-3H3,(H,24,25)/b16-10-,23-20?. The minimum Gasteiger partial charge on any atom is -0.496 e. The van der Waals surface area contributed by atoms with Crippen molar-refractivity contribution in [1.82, 2.24) is 5.32 Å². The third-order valence-electron chi connectivity index (χ3n) is 4.11. The van der Waals surface area contributed by atoms with Crippen LogP contribution in [0.15, 0.2) is 42.5 Å². The number of halogens is 2. The normalized spacial score (nSPS) is 11.2. The molecule has 1 amide bonds. The van der Waals surface area contributed by atoms with Gasteiger partial charge in [0.2, 0.25) is 5.91 Å². The van der Waals surface area contributed by atoms with Crippen molar-refractivity contribution in [2.24, 2.45) is 0 Å². The zero-order valence-electron chi connectivity index (χ0n) is 14.8. The molecule has 136 valence electrons. The number of methoxy groups -OCH3 is 1. The number of rotatable bonds is 6. The Balaban J connectivity index is 2.20. The highest BCUT2D eigenvalue weighted by Crippen LogP contribution is 2.24. The second-order valence-corrected chi connectivity index (χ2v) is 6.16. The number of amides is 1. The predicted octanol–water partition coefficient (Wildman–Crippen LogP) is 4.37. The maximum Gasteiger partial charge on any atom is 0.244 e. The topological polar surface area (TPSA) is 62.2 Å². The molecule has 2 rings (SSSR count). The number of allylic oxidation sites excluding steroid dienone is 1. The van der Waals surface area contributed by atoms with Gasteiger partial charge in [-0.1, -0.05) is 29.8 Å². The lowest BCUT2D eigenvalue weighted by atomic mass is 10.0. The van der Waals surface area contributed by atoms with Gasteiger partial charge in [-0.3, -0.25) is 10.2 Å². The van der Waals surface area contributed by atoms with Gasteiger partial charge < -0.3 is 10.1 Å². The summed E-state index contributed by atoms with van der Waals surface area (Å²) in [5.74, 6) is -0.0381. The van der Waals surface area contributed by atoms with Gasteiger partial charge in [0.05, 0.1) is 7.11 Å². The fourth-order valence-electron chi connectivity index (χ4n) is 2.62. The van der Waals surface area contributed by atoms with E-state index in [9.17, 15) is 9.18 Å². The number of benzene rings is 2. The highest BCUT2D eigenvalue weighted by atomic mass is 35.5. The van der Waals surface area contributed by atoms with Crippen LogP contribution in [0, 0.1) is 25.1 Å². The number of carbonyl (C=O) groups excluding carboxylic acids is 1. The van der Waals surface area contributed by atoms with Crippen molar-refractivity contribution in [3.63, 3.8) is 0 Å². The molecule has 2 aromatic rings. The average Bonchev–Trinajstić information content (AvgIpc) is 2.60. The maximum atomic E-state index is 13.1. The van der Waals surface area contributed by atoms with E-state index in [1.807, 2.05) is 26.0 Å². The summed E-state index contributed by atoms with van der Waals surface area (Å²) in [4.78, 5) is 12.3. The van der Waals surface area contributed by atoms with E-state index in [1.165, 1.54) is 30.3 Å². The Morgan fingerprint density at radius 2 is 1.88 bits per heavy atom. The molecule has 0 unspecified atom stereocenters. The zero-order chi connectivity index (χ0) is 19.3. The number of ether oxygens (including phenoxy) is 1. The highest BCUT2D eigenvalue weighted by Gasteiger charge is 2.12. The summed E-state index contributed by atoms with van der Waals surface area (Å²) in [6, 6.07) is 9.27. The average molecular weight is 375 g/mol. The van der Waals surface area contributed by atoms with Crippen molar-refractivity contribution in [2.75, 3.05) is 7.11 Å². The van der Waals surface area contributed by atoms with E-state index in [-0.39, 0.29) is 10.7 Å². The predicted molar refractivity (Wildman–Crippen MR) is 102 cm³/mol. The second kappa shape index (κ2) is 8.63. The Labute approximate surface area is 157 Å². The molecule has 0 aliphatic carbocycles. The lowest BCUT2D eigenvalue weighted by Gasteiger charge is -2.14. The summed E-state index contributed by atoms with van der Waals surface area (Å²) in [7, 11) is 1.60. The van der Waals surface area contributed by atoms with Crippen LogP contribution in [-0.2, 0) is 11.3 Å². The molecule has 0 atom stereocenters. The molecule has 6 heteroatoms. The summed E-state index contributed by atoms with van der Waals surface area (Å²) in [5.41, 5.74) is 3.69. The molecule has 0 saturated heterocycles. The Kier molecular flexibility index (Phi) is 6.52. The van der Waals surface area contributed by atoms with Crippen LogP contribution < -0.4 is 10.1 Å². The number of hydrogen-bond donors (Lipinski definition) is 2. The first-order valence-electron chi connectivity index (χ1n) is 7.96. The molecule has 0 saturated carbocycles. The number of nitrogens with one attached hydrogen (secondary N) is 2. The first-order chi connectivity index (χ1) is 12.3. The van der Waals surface area contributed by atoms with E-state index in [4.69, 9.17) is 21.7 Å². The molecule has 0 heterocycles. The van der Waals surface area contributed by atoms with Crippen molar-refractivity contribution in [1.29, 1.82) is 5.41 Å². The quantitative estimate of drug-likeness (QED) is 0.582. The lowest BCUT2D eigenvalue weighted by Crippen LogP contribution is -2.22. The van der Waals surface area contributed by atoms with Crippen LogP contribution in [0.25, 0.3) is 5.57 Å². The summed E-state index contributed by atoms with van der Waals surface area (Å²) in [6.45, 7) is 4.21. The van der Waals surface area contributed by atoms with Crippen molar-refractivity contribution < 1.29 is 13.9 Å². The monoisotopic (exact) mass is 374 g/mol. The number of aryl methyl sites for hydroxylation is 1. The minimum absolute atomic E-state index is 0.225. The summed E-state index contributed by atoms with van der Waals surface area (Å²) >= 11 is 5.79. The second-order valence-electron chi connectivity index (χ2n) is 5.78. The van der Waals surface area contributed by atoms with Crippen LogP contribution in [0.2, 0.25) is 0 Å². The molecule has 2 N–H and O–H groups in total. The van der Waals surface area contributed by atoms with Crippen LogP contribution in [-0.4, -0.2) is 18.2 Å². The van der Waals surface area contributed by atoms with Crippen molar-refractivity contribution >= 4 is 28.3 Å². The van der Waals surface area contributed by atoms with Crippen LogP contribution in [0.5, 0.6) is 5.75 Å². The molecule has 4 nitrogen and oxygen atoms in total. The van der Waals surface area contributed by atoms with Gasteiger partial charge in [0.1, 0.15) is 16.7 Å². The van der Waals surface area contributed by atoms with Gasteiger partial charge in [-0.15, -0.1) is 0 Å².